The smallest absolute Gasteiger partial charge is 0.255 e. The predicted octanol–water partition coefficient (Wildman–Crippen LogP) is 1.16. The van der Waals surface area contributed by atoms with E-state index in [9.17, 15) is 9.59 Å². The molecule has 8 heteroatoms. The summed E-state index contributed by atoms with van der Waals surface area (Å²) < 4.78 is 0. The maximum absolute atomic E-state index is 12.5. The first-order valence-electron chi connectivity index (χ1n) is 7.30. The molecule has 0 aromatic carbocycles. The highest BCUT2D eigenvalue weighted by Crippen LogP contribution is 2.19. The van der Waals surface area contributed by atoms with Crippen LogP contribution < -0.4 is 11.1 Å². The van der Waals surface area contributed by atoms with Gasteiger partial charge in [-0.1, -0.05) is 0 Å². The largest absolute Gasteiger partial charge is 0.355 e. The second-order valence-electron chi connectivity index (χ2n) is 5.42. The molecule has 0 bridgehead atoms. The van der Waals surface area contributed by atoms with E-state index in [1.807, 2.05) is 13.0 Å². The van der Waals surface area contributed by atoms with Crippen LogP contribution in [0.15, 0.2) is 18.5 Å². The van der Waals surface area contributed by atoms with E-state index in [-0.39, 0.29) is 42.5 Å². The lowest BCUT2D eigenvalue weighted by Gasteiger charge is -2.32. The Hall–Kier alpha value is -1.37. The fraction of sp³-hybridized carbons (Fsp3) is 0.533. The van der Waals surface area contributed by atoms with Gasteiger partial charge in [0.25, 0.3) is 5.91 Å². The van der Waals surface area contributed by atoms with Gasteiger partial charge in [-0.3, -0.25) is 14.6 Å². The molecular formula is C15H24Cl2N4O2. The quantitative estimate of drug-likeness (QED) is 0.840. The molecule has 1 aromatic rings. The third-order valence-corrected chi connectivity index (χ3v) is 3.64. The van der Waals surface area contributed by atoms with Crippen LogP contribution in [0.2, 0.25) is 0 Å². The Labute approximate surface area is 149 Å². The number of halogens is 2. The molecule has 1 unspecified atom stereocenters. The zero-order valence-electron chi connectivity index (χ0n) is 13.2. The van der Waals surface area contributed by atoms with Crippen molar-refractivity contribution in [2.45, 2.75) is 19.8 Å². The average molecular weight is 363 g/mol. The number of hydrogen-bond donors (Lipinski definition) is 2. The van der Waals surface area contributed by atoms with Gasteiger partial charge in [0.2, 0.25) is 5.91 Å². The molecule has 3 N–H and O–H groups in total. The van der Waals surface area contributed by atoms with Gasteiger partial charge < -0.3 is 16.0 Å². The Bertz CT molecular complexity index is 528. The highest BCUT2D eigenvalue weighted by Gasteiger charge is 2.28. The van der Waals surface area contributed by atoms with E-state index in [4.69, 9.17) is 5.73 Å². The van der Waals surface area contributed by atoms with E-state index < -0.39 is 0 Å². The van der Waals surface area contributed by atoms with Gasteiger partial charge >= 0.3 is 0 Å². The maximum atomic E-state index is 12.5. The van der Waals surface area contributed by atoms with Gasteiger partial charge in [-0.25, -0.2) is 0 Å². The first-order valence-corrected chi connectivity index (χ1v) is 7.30. The fourth-order valence-electron chi connectivity index (χ4n) is 2.57. The molecule has 0 radical (unpaired) electrons. The van der Waals surface area contributed by atoms with Crippen molar-refractivity contribution in [1.29, 1.82) is 0 Å². The number of nitrogens with zero attached hydrogens (tertiary/aromatic N) is 2. The molecule has 130 valence electrons. The summed E-state index contributed by atoms with van der Waals surface area (Å²) in [6.45, 7) is 3.96. The first kappa shape index (κ1) is 21.6. The van der Waals surface area contributed by atoms with Crippen molar-refractivity contribution in [2.24, 2.45) is 11.7 Å². The minimum Gasteiger partial charge on any atom is -0.355 e. The number of piperidine rings is 1. The van der Waals surface area contributed by atoms with Crippen LogP contribution in [0.1, 0.15) is 28.8 Å². The summed E-state index contributed by atoms with van der Waals surface area (Å²) in [6.07, 6.45) is 4.95. The third-order valence-electron chi connectivity index (χ3n) is 3.64. The fourth-order valence-corrected chi connectivity index (χ4v) is 2.57. The van der Waals surface area contributed by atoms with E-state index in [1.165, 1.54) is 0 Å². The van der Waals surface area contributed by atoms with Gasteiger partial charge in [0.15, 0.2) is 0 Å². The summed E-state index contributed by atoms with van der Waals surface area (Å²) in [7, 11) is 0. The summed E-state index contributed by atoms with van der Waals surface area (Å²) in [5.74, 6) is -0.213. The number of hydrogen-bond acceptors (Lipinski definition) is 4. The highest BCUT2D eigenvalue weighted by molar-refractivity contribution is 5.94. The summed E-state index contributed by atoms with van der Waals surface area (Å²) in [6, 6.07) is 1.83. The van der Waals surface area contributed by atoms with Crippen molar-refractivity contribution in [3.05, 3.63) is 29.6 Å². The van der Waals surface area contributed by atoms with E-state index in [1.54, 1.807) is 17.3 Å². The van der Waals surface area contributed by atoms with Crippen molar-refractivity contribution in [3.8, 4) is 0 Å². The highest BCUT2D eigenvalue weighted by atomic mass is 35.5. The molecule has 0 saturated carbocycles. The Morgan fingerprint density at radius 3 is 2.78 bits per heavy atom. The SMILES string of the molecule is Cc1cncc(C(=O)N2CCCC(C(=O)NCCN)C2)c1.Cl.Cl. The van der Waals surface area contributed by atoms with Crippen molar-refractivity contribution in [1.82, 2.24) is 15.2 Å². The van der Waals surface area contributed by atoms with Crippen molar-refractivity contribution in [3.63, 3.8) is 0 Å². The number of aryl methyl sites for hydroxylation is 1. The number of pyridine rings is 1. The molecule has 1 aromatic heterocycles. The van der Waals surface area contributed by atoms with Crippen LogP contribution in [-0.2, 0) is 4.79 Å². The number of likely N-dealkylation sites (tertiary alicyclic amines) is 1. The third kappa shape index (κ3) is 5.97. The molecule has 1 atom stereocenters. The molecule has 1 aliphatic rings. The van der Waals surface area contributed by atoms with Crippen LogP contribution in [0.5, 0.6) is 0 Å². The maximum Gasteiger partial charge on any atom is 0.255 e. The van der Waals surface area contributed by atoms with Crippen molar-refractivity contribution in [2.75, 3.05) is 26.2 Å². The van der Waals surface area contributed by atoms with Gasteiger partial charge in [-0.15, -0.1) is 24.8 Å². The lowest BCUT2D eigenvalue weighted by atomic mass is 9.96. The number of carbonyl (C=O) groups excluding carboxylic acids is 2. The number of carbonyl (C=O) groups is 2. The van der Waals surface area contributed by atoms with Crippen LogP contribution in [0.25, 0.3) is 0 Å². The molecule has 1 aliphatic heterocycles. The van der Waals surface area contributed by atoms with Crippen LogP contribution in [0.3, 0.4) is 0 Å². The van der Waals surface area contributed by atoms with E-state index in [0.29, 0.717) is 31.7 Å². The van der Waals surface area contributed by atoms with E-state index in [0.717, 1.165) is 18.4 Å². The minimum absolute atomic E-state index is 0. The zero-order valence-corrected chi connectivity index (χ0v) is 14.8. The Balaban J connectivity index is 0.00000242. The number of rotatable bonds is 4. The molecule has 2 rings (SSSR count). The average Bonchev–Trinajstić information content (AvgIpc) is 2.52. The van der Waals surface area contributed by atoms with Crippen LogP contribution >= 0.6 is 24.8 Å². The molecular weight excluding hydrogens is 339 g/mol. The molecule has 2 heterocycles. The monoisotopic (exact) mass is 362 g/mol. The number of nitrogens with two attached hydrogens (primary N) is 1. The Kier molecular flexibility index (Phi) is 9.79. The Morgan fingerprint density at radius 1 is 1.39 bits per heavy atom. The molecule has 0 aliphatic carbocycles. The molecule has 23 heavy (non-hydrogen) atoms. The predicted molar refractivity (Wildman–Crippen MR) is 94.2 cm³/mol. The van der Waals surface area contributed by atoms with Gasteiger partial charge in [0, 0.05) is 38.6 Å². The first-order chi connectivity index (χ1) is 10.1. The summed E-state index contributed by atoms with van der Waals surface area (Å²) >= 11 is 0. The van der Waals surface area contributed by atoms with Crippen LogP contribution in [0, 0.1) is 12.8 Å². The summed E-state index contributed by atoms with van der Waals surface area (Å²) in [5, 5.41) is 2.80. The molecule has 6 nitrogen and oxygen atoms in total. The van der Waals surface area contributed by atoms with E-state index >= 15 is 0 Å². The van der Waals surface area contributed by atoms with Crippen molar-refractivity contribution < 1.29 is 9.59 Å². The summed E-state index contributed by atoms with van der Waals surface area (Å²) in [5.41, 5.74) is 6.92. The lowest BCUT2D eigenvalue weighted by molar-refractivity contribution is -0.126. The molecule has 2 amide bonds. The second-order valence-corrected chi connectivity index (χ2v) is 5.42. The number of amides is 2. The van der Waals surface area contributed by atoms with Crippen LogP contribution in [-0.4, -0.2) is 47.9 Å². The minimum atomic E-state index is -0.146. The number of nitrogens with one attached hydrogen (secondary N) is 1. The zero-order chi connectivity index (χ0) is 15.2. The second kappa shape index (κ2) is 10.4. The lowest BCUT2D eigenvalue weighted by Crippen LogP contribution is -2.46. The van der Waals surface area contributed by atoms with Crippen LogP contribution in [0.4, 0.5) is 0 Å². The summed E-state index contributed by atoms with van der Waals surface area (Å²) in [4.78, 5) is 30.3. The van der Waals surface area contributed by atoms with Gasteiger partial charge in [0.05, 0.1) is 11.5 Å². The van der Waals surface area contributed by atoms with Gasteiger partial charge in [0.1, 0.15) is 0 Å². The van der Waals surface area contributed by atoms with Gasteiger partial charge in [-0.05, 0) is 31.4 Å². The molecule has 1 fully saturated rings. The van der Waals surface area contributed by atoms with Gasteiger partial charge in [-0.2, -0.15) is 0 Å². The number of aromatic nitrogens is 1. The molecule has 1 saturated heterocycles. The van der Waals surface area contributed by atoms with E-state index in [2.05, 4.69) is 10.3 Å². The normalized spacial score (nSPS) is 16.8. The standard InChI is InChI=1S/C15H22N4O2.2ClH/c1-11-7-13(9-17-8-11)15(21)19-6-2-3-12(10-19)14(20)18-5-4-16;;/h7-9,12H,2-6,10,16H2,1H3,(H,18,20);2*1H. The molecule has 0 spiro atoms. The topological polar surface area (TPSA) is 88.3 Å². The van der Waals surface area contributed by atoms with Crippen molar-refractivity contribution >= 4 is 36.6 Å². The Morgan fingerprint density at radius 2 is 2.13 bits per heavy atom.